The molecule has 0 atom stereocenters. The van der Waals surface area contributed by atoms with Crippen molar-refractivity contribution >= 4 is 17.6 Å². The Morgan fingerprint density at radius 3 is 1.84 bits per heavy atom. The number of amides is 1. The monoisotopic (exact) mass is 359 g/mol. The lowest BCUT2D eigenvalue weighted by atomic mass is 10.1. The average molecular weight is 359 g/mol. The van der Waals surface area contributed by atoms with Gasteiger partial charge in [-0.15, -0.1) is 0 Å². The normalized spacial score (nSPS) is 10.5. The zero-order valence-electron chi connectivity index (χ0n) is 12.6. The molecule has 0 spiro atoms. The van der Waals surface area contributed by atoms with E-state index in [4.69, 9.17) is 0 Å². The van der Waals surface area contributed by atoms with Crippen LogP contribution in [0.25, 0.3) is 0 Å². The lowest BCUT2D eigenvalue weighted by molar-refractivity contribution is -0.114. The molecular formula is C16H10F5NO3. The van der Waals surface area contributed by atoms with E-state index in [0.29, 0.717) is 5.69 Å². The van der Waals surface area contributed by atoms with E-state index in [9.17, 15) is 31.5 Å². The molecule has 2 aromatic rings. The molecule has 0 saturated heterocycles. The first-order chi connectivity index (χ1) is 11.7. The van der Waals surface area contributed by atoms with Crippen molar-refractivity contribution in [3.05, 3.63) is 64.5 Å². The molecule has 2 rings (SSSR count). The molecule has 0 radical (unpaired) electrons. The predicted octanol–water partition coefficient (Wildman–Crippen LogP) is 3.70. The molecule has 0 aliphatic rings. The van der Waals surface area contributed by atoms with Crippen molar-refractivity contribution in [1.29, 1.82) is 0 Å². The van der Waals surface area contributed by atoms with Gasteiger partial charge >= 0.3 is 5.97 Å². The highest BCUT2D eigenvalue weighted by Crippen LogP contribution is 2.24. The van der Waals surface area contributed by atoms with E-state index in [1.54, 1.807) is 0 Å². The van der Waals surface area contributed by atoms with E-state index in [0.717, 1.165) is 0 Å². The van der Waals surface area contributed by atoms with Gasteiger partial charge in [-0.2, -0.15) is 0 Å². The Morgan fingerprint density at radius 1 is 0.880 bits per heavy atom. The summed E-state index contributed by atoms with van der Waals surface area (Å²) in [6.07, 6.45) is 0. The minimum Gasteiger partial charge on any atom is -0.457 e. The lowest BCUT2D eigenvalue weighted by Crippen LogP contribution is -2.12. The third-order valence-corrected chi connectivity index (χ3v) is 3.09. The summed E-state index contributed by atoms with van der Waals surface area (Å²) >= 11 is 0. The third kappa shape index (κ3) is 3.93. The first kappa shape index (κ1) is 18.4. The SMILES string of the molecule is CC(=O)Nc1ccc(C(=O)OCc2c(F)c(F)c(F)c(F)c2F)cc1. The van der Waals surface area contributed by atoms with Gasteiger partial charge < -0.3 is 10.1 Å². The largest absolute Gasteiger partial charge is 0.457 e. The fourth-order valence-electron chi connectivity index (χ4n) is 1.89. The number of hydrogen-bond donors (Lipinski definition) is 1. The molecule has 0 aliphatic carbocycles. The zero-order chi connectivity index (χ0) is 18.7. The molecule has 0 bridgehead atoms. The number of halogens is 5. The first-order valence-electron chi connectivity index (χ1n) is 6.77. The van der Waals surface area contributed by atoms with E-state index >= 15 is 0 Å². The molecule has 1 amide bonds. The maximum absolute atomic E-state index is 13.5. The van der Waals surface area contributed by atoms with Crippen molar-refractivity contribution in [3.8, 4) is 0 Å². The second-order valence-electron chi connectivity index (χ2n) is 4.88. The van der Waals surface area contributed by atoms with Crippen molar-refractivity contribution in [2.45, 2.75) is 13.5 Å². The number of rotatable bonds is 4. The van der Waals surface area contributed by atoms with Crippen LogP contribution in [-0.2, 0) is 16.1 Å². The van der Waals surface area contributed by atoms with Crippen LogP contribution < -0.4 is 5.32 Å². The highest BCUT2D eigenvalue weighted by molar-refractivity contribution is 5.92. The minimum absolute atomic E-state index is 0.0435. The van der Waals surface area contributed by atoms with Gasteiger partial charge in [0.05, 0.1) is 11.1 Å². The quantitative estimate of drug-likeness (QED) is 0.392. The Labute approximate surface area is 138 Å². The molecule has 4 nitrogen and oxygen atoms in total. The number of esters is 1. The van der Waals surface area contributed by atoms with E-state index in [1.165, 1.54) is 31.2 Å². The smallest absolute Gasteiger partial charge is 0.338 e. The van der Waals surface area contributed by atoms with Crippen LogP contribution in [0, 0.1) is 29.1 Å². The third-order valence-electron chi connectivity index (χ3n) is 3.09. The van der Waals surface area contributed by atoms with Crippen LogP contribution in [0.15, 0.2) is 24.3 Å². The van der Waals surface area contributed by atoms with Gasteiger partial charge in [0, 0.05) is 12.6 Å². The summed E-state index contributed by atoms with van der Waals surface area (Å²) in [5.41, 5.74) is -0.901. The summed E-state index contributed by atoms with van der Waals surface area (Å²) in [4.78, 5) is 22.7. The lowest BCUT2D eigenvalue weighted by Gasteiger charge is -2.09. The molecule has 2 aromatic carbocycles. The summed E-state index contributed by atoms with van der Waals surface area (Å²) in [6, 6.07) is 5.26. The van der Waals surface area contributed by atoms with Crippen molar-refractivity contribution in [1.82, 2.24) is 0 Å². The molecule has 0 saturated carbocycles. The van der Waals surface area contributed by atoms with Gasteiger partial charge in [-0.3, -0.25) is 4.79 Å². The topological polar surface area (TPSA) is 55.4 Å². The maximum Gasteiger partial charge on any atom is 0.338 e. The van der Waals surface area contributed by atoms with Crippen LogP contribution in [0.1, 0.15) is 22.8 Å². The maximum atomic E-state index is 13.5. The number of nitrogens with one attached hydrogen (secondary N) is 1. The van der Waals surface area contributed by atoms with E-state index in [1.807, 2.05) is 0 Å². The Kier molecular flexibility index (Phi) is 5.35. The minimum atomic E-state index is -2.29. The number of carbonyl (C=O) groups excluding carboxylic acids is 2. The van der Waals surface area contributed by atoms with Crippen molar-refractivity contribution < 1.29 is 36.3 Å². The zero-order valence-corrected chi connectivity index (χ0v) is 12.6. The van der Waals surface area contributed by atoms with Crippen molar-refractivity contribution in [3.63, 3.8) is 0 Å². The summed E-state index contributed by atoms with van der Waals surface area (Å²) in [5, 5.41) is 2.45. The Hall–Kier alpha value is -2.97. The van der Waals surface area contributed by atoms with Gasteiger partial charge in [0.2, 0.25) is 11.7 Å². The average Bonchev–Trinajstić information content (AvgIpc) is 2.58. The Morgan fingerprint density at radius 2 is 1.36 bits per heavy atom. The van der Waals surface area contributed by atoms with Crippen molar-refractivity contribution in [2.75, 3.05) is 5.32 Å². The van der Waals surface area contributed by atoms with Crippen LogP contribution in [0.5, 0.6) is 0 Å². The molecule has 9 heteroatoms. The molecule has 0 aromatic heterocycles. The molecule has 0 fully saturated rings. The molecule has 0 heterocycles. The van der Waals surface area contributed by atoms with Crippen LogP contribution in [0.2, 0.25) is 0 Å². The first-order valence-corrected chi connectivity index (χ1v) is 6.77. The summed E-state index contributed by atoms with van der Waals surface area (Å²) in [6.45, 7) is 0.143. The van der Waals surface area contributed by atoms with Gasteiger partial charge in [-0.05, 0) is 24.3 Å². The number of anilines is 1. The molecule has 25 heavy (non-hydrogen) atoms. The summed E-state index contributed by atoms with van der Waals surface area (Å²) in [7, 11) is 0. The number of hydrogen-bond acceptors (Lipinski definition) is 3. The van der Waals surface area contributed by atoms with Gasteiger partial charge in [0.15, 0.2) is 23.3 Å². The second kappa shape index (κ2) is 7.29. The summed E-state index contributed by atoms with van der Waals surface area (Å²) in [5.74, 6) is -12.0. The molecule has 0 unspecified atom stereocenters. The van der Waals surface area contributed by atoms with E-state index in [-0.39, 0.29) is 11.5 Å². The molecule has 1 N–H and O–H groups in total. The Balaban J connectivity index is 2.14. The molecular weight excluding hydrogens is 349 g/mol. The predicted molar refractivity (Wildman–Crippen MR) is 76.1 cm³/mol. The molecule has 132 valence electrons. The van der Waals surface area contributed by atoms with E-state index in [2.05, 4.69) is 10.1 Å². The summed E-state index contributed by atoms with van der Waals surface area (Å²) < 4.78 is 70.6. The van der Waals surface area contributed by atoms with E-state index < -0.39 is 47.2 Å². The number of benzene rings is 2. The van der Waals surface area contributed by atoms with Crippen LogP contribution in [0.4, 0.5) is 27.6 Å². The van der Waals surface area contributed by atoms with Gasteiger partial charge in [0.1, 0.15) is 6.61 Å². The highest BCUT2D eigenvalue weighted by atomic mass is 19.2. The number of ether oxygens (including phenoxy) is 1. The Bertz CT molecular complexity index is 808. The van der Waals surface area contributed by atoms with Crippen LogP contribution in [0.3, 0.4) is 0 Å². The fourth-order valence-corrected chi connectivity index (χ4v) is 1.89. The van der Waals surface area contributed by atoms with Crippen molar-refractivity contribution in [2.24, 2.45) is 0 Å². The highest BCUT2D eigenvalue weighted by Gasteiger charge is 2.26. The van der Waals surface area contributed by atoms with Gasteiger partial charge in [-0.1, -0.05) is 0 Å². The second-order valence-corrected chi connectivity index (χ2v) is 4.88. The van der Waals surface area contributed by atoms with Crippen LogP contribution in [-0.4, -0.2) is 11.9 Å². The fraction of sp³-hybridized carbons (Fsp3) is 0.125. The van der Waals surface area contributed by atoms with Crippen LogP contribution >= 0.6 is 0 Å². The van der Waals surface area contributed by atoms with Gasteiger partial charge in [0.25, 0.3) is 0 Å². The standard InChI is InChI=1S/C16H10F5NO3/c1-7(23)22-9-4-2-8(3-5-9)16(24)25-6-10-11(17)13(19)15(21)14(20)12(10)18/h2-5H,6H2,1H3,(H,22,23). The number of carbonyl (C=O) groups is 2. The molecule has 0 aliphatic heterocycles. The van der Waals surface area contributed by atoms with Gasteiger partial charge in [-0.25, -0.2) is 26.7 Å².